The molecule has 3 heterocycles. The summed E-state index contributed by atoms with van der Waals surface area (Å²) in [6.07, 6.45) is 2.45. The van der Waals surface area contributed by atoms with Gasteiger partial charge in [0, 0.05) is 24.3 Å². The van der Waals surface area contributed by atoms with Crippen molar-refractivity contribution in [1.82, 2.24) is 0 Å². The van der Waals surface area contributed by atoms with Crippen molar-refractivity contribution >= 4 is 94.1 Å². The third kappa shape index (κ3) is 5.99. The van der Waals surface area contributed by atoms with Crippen LogP contribution in [-0.2, 0) is 0 Å². The highest BCUT2D eigenvalue weighted by atomic mass is 32.3. The van der Waals surface area contributed by atoms with Gasteiger partial charge in [-0.05, 0) is 17.9 Å². The normalized spacial score (nSPS) is 20.6. The Balaban J connectivity index is 1.67. The van der Waals surface area contributed by atoms with E-state index in [1.807, 2.05) is 70.6 Å². The number of hydrogen-bond donors (Lipinski definition) is 0. The molecule has 132 valence electrons. The molecular weight excluding hydrogens is 465 g/mol. The second kappa shape index (κ2) is 11.1. The van der Waals surface area contributed by atoms with Crippen LogP contribution < -0.4 is 0 Å². The Morgan fingerprint density at radius 3 is 1.68 bits per heavy atom. The zero-order valence-electron chi connectivity index (χ0n) is 13.1. The average molecular weight is 479 g/mol. The third-order valence-electron chi connectivity index (χ3n) is 2.89. The van der Waals surface area contributed by atoms with Crippen LogP contribution >= 0.6 is 94.1 Å². The summed E-state index contributed by atoms with van der Waals surface area (Å²) in [4.78, 5) is 0. The highest BCUT2D eigenvalue weighted by Gasteiger charge is 2.31. The van der Waals surface area contributed by atoms with Crippen LogP contribution in [0.2, 0.25) is 0 Å². The molecule has 3 rings (SSSR count). The summed E-state index contributed by atoms with van der Waals surface area (Å²) in [7, 11) is 0. The van der Waals surface area contributed by atoms with Gasteiger partial charge in [-0.25, -0.2) is 0 Å². The van der Waals surface area contributed by atoms with E-state index >= 15 is 0 Å². The molecule has 0 atom stereocenters. The van der Waals surface area contributed by atoms with Crippen LogP contribution in [0.3, 0.4) is 0 Å². The molecule has 0 N–H and O–H groups in total. The van der Waals surface area contributed by atoms with E-state index in [4.69, 9.17) is 10.5 Å². The molecule has 0 amide bonds. The molecule has 0 aromatic rings. The number of thioether (sulfide) groups is 8. The minimum absolute atomic E-state index is 0.577. The number of nitrogens with zero attached hydrogens (tertiary/aromatic N) is 2. The summed E-state index contributed by atoms with van der Waals surface area (Å²) >= 11 is 15.2. The molecular formula is C15H14N2S8. The van der Waals surface area contributed by atoms with E-state index in [-0.39, 0.29) is 0 Å². The van der Waals surface area contributed by atoms with Crippen LogP contribution in [0.25, 0.3) is 0 Å². The summed E-state index contributed by atoms with van der Waals surface area (Å²) in [5, 5.41) is 17.6. The van der Waals surface area contributed by atoms with Gasteiger partial charge < -0.3 is 0 Å². The van der Waals surface area contributed by atoms with E-state index in [9.17, 15) is 0 Å². The van der Waals surface area contributed by atoms with Crippen molar-refractivity contribution in [3.63, 3.8) is 0 Å². The van der Waals surface area contributed by atoms with Gasteiger partial charge in [0.2, 0.25) is 0 Å². The van der Waals surface area contributed by atoms with Gasteiger partial charge in [0.25, 0.3) is 0 Å². The average Bonchev–Trinajstić information content (AvgIpc) is 3.14. The summed E-state index contributed by atoms with van der Waals surface area (Å²) in [6.45, 7) is 0. The first-order chi connectivity index (χ1) is 12.3. The van der Waals surface area contributed by atoms with Crippen molar-refractivity contribution in [3.8, 4) is 12.1 Å². The second-order valence-electron chi connectivity index (χ2n) is 4.70. The van der Waals surface area contributed by atoms with Crippen molar-refractivity contribution in [2.75, 3.05) is 23.0 Å². The first kappa shape index (κ1) is 20.7. The maximum atomic E-state index is 8.79. The Morgan fingerprint density at radius 1 is 0.720 bits per heavy atom. The Kier molecular flexibility index (Phi) is 9.21. The minimum Gasteiger partial charge on any atom is -0.198 e. The monoisotopic (exact) mass is 478 g/mol. The third-order valence-corrected chi connectivity index (χ3v) is 14.6. The van der Waals surface area contributed by atoms with Crippen LogP contribution in [0.1, 0.15) is 19.3 Å². The first-order valence-electron chi connectivity index (χ1n) is 7.51. The van der Waals surface area contributed by atoms with Crippen molar-refractivity contribution in [2.24, 2.45) is 0 Å². The topological polar surface area (TPSA) is 47.6 Å². The maximum Gasteiger partial charge on any atom is 0.0717 e. The highest BCUT2D eigenvalue weighted by Crippen LogP contribution is 2.66. The summed E-state index contributed by atoms with van der Waals surface area (Å²) in [5.74, 6) is 4.13. The second-order valence-corrected chi connectivity index (χ2v) is 14.8. The quantitative estimate of drug-likeness (QED) is 0.359. The number of rotatable bonds is 6. The van der Waals surface area contributed by atoms with Gasteiger partial charge in [0.1, 0.15) is 0 Å². The Bertz CT molecular complexity index is 643. The molecule has 0 saturated carbocycles. The molecule has 10 heteroatoms. The van der Waals surface area contributed by atoms with Crippen LogP contribution in [0.4, 0.5) is 0 Å². The van der Waals surface area contributed by atoms with Crippen LogP contribution in [0, 0.1) is 22.7 Å². The van der Waals surface area contributed by atoms with Gasteiger partial charge in [-0.1, -0.05) is 47.0 Å². The smallest absolute Gasteiger partial charge is 0.0717 e. The Labute approximate surface area is 183 Å². The first-order valence-corrected chi connectivity index (χ1v) is 14.7. The van der Waals surface area contributed by atoms with Crippen molar-refractivity contribution in [2.45, 2.75) is 19.3 Å². The predicted octanol–water partition coefficient (Wildman–Crippen LogP) is 7.49. The number of nitriles is 2. The van der Waals surface area contributed by atoms with E-state index in [2.05, 4.69) is 12.1 Å². The molecule has 0 aromatic carbocycles. The zero-order chi connectivity index (χ0) is 17.5. The fourth-order valence-corrected chi connectivity index (χ4v) is 13.9. The number of hydrogen-bond acceptors (Lipinski definition) is 10. The largest absolute Gasteiger partial charge is 0.198 e. The molecule has 0 radical (unpaired) electrons. The fraction of sp³-hybridized carbons (Fsp3) is 0.467. The highest BCUT2D eigenvalue weighted by molar-refractivity contribution is 8.45. The predicted molar refractivity (Wildman–Crippen MR) is 126 cm³/mol. The van der Waals surface area contributed by atoms with Crippen LogP contribution in [0.5, 0.6) is 0 Å². The molecule has 25 heavy (non-hydrogen) atoms. The van der Waals surface area contributed by atoms with Gasteiger partial charge in [0.05, 0.1) is 37.6 Å². The maximum absolute atomic E-state index is 8.79. The van der Waals surface area contributed by atoms with Crippen molar-refractivity contribution < 1.29 is 0 Å². The lowest BCUT2D eigenvalue weighted by atomic mass is 10.6. The molecule has 2 nitrogen and oxygen atoms in total. The molecule has 0 unspecified atom stereocenters. The molecule has 0 aliphatic carbocycles. The van der Waals surface area contributed by atoms with Gasteiger partial charge >= 0.3 is 0 Å². The van der Waals surface area contributed by atoms with E-state index in [1.54, 1.807) is 23.5 Å². The van der Waals surface area contributed by atoms with Crippen LogP contribution in [-0.4, -0.2) is 23.0 Å². The van der Waals surface area contributed by atoms with Gasteiger partial charge in [-0.3, -0.25) is 0 Å². The molecule has 3 aliphatic heterocycles. The molecule has 0 spiro atoms. The van der Waals surface area contributed by atoms with Crippen molar-refractivity contribution in [3.05, 3.63) is 25.4 Å². The lowest BCUT2D eigenvalue weighted by Crippen LogP contribution is -1.79. The molecule has 0 fully saturated rings. The van der Waals surface area contributed by atoms with Gasteiger partial charge in [-0.2, -0.15) is 10.5 Å². The SMILES string of the molecule is N#CCCSC1=C(SCCC#N)SC(=C2SC3=C(SCCCS3)S2)S1. The molecule has 3 aliphatic rings. The summed E-state index contributed by atoms with van der Waals surface area (Å²) in [5.41, 5.74) is 0. The van der Waals surface area contributed by atoms with E-state index in [0.29, 0.717) is 12.8 Å². The lowest BCUT2D eigenvalue weighted by molar-refractivity contribution is 1.13. The van der Waals surface area contributed by atoms with E-state index in [0.717, 1.165) is 11.5 Å². The van der Waals surface area contributed by atoms with E-state index in [1.165, 1.54) is 43.3 Å². The summed E-state index contributed by atoms with van der Waals surface area (Å²) < 4.78 is 8.39. The molecule has 0 bridgehead atoms. The Hall–Kier alpha value is 1.000. The zero-order valence-corrected chi connectivity index (χ0v) is 19.6. The minimum atomic E-state index is 0.577. The van der Waals surface area contributed by atoms with Crippen molar-refractivity contribution in [1.29, 1.82) is 10.5 Å². The van der Waals surface area contributed by atoms with Gasteiger partial charge in [-0.15, -0.1) is 47.0 Å². The molecule has 0 saturated heterocycles. The van der Waals surface area contributed by atoms with Gasteiger partial charge in [0.15, 0.2) is 0 Å². The lowest BCUT2D eigenvalue weighted by Gasteiger charge is -2.04. The standard InChI is InChI=1S/C15H14N2S8/c16-4-1-6-18-10-11(19-7-2-5-17)23-14(22-10)15-24-12-13(25-15)21-9-3-8-20-12/h1-3,6-9H2. The van der Waals surface area contributed by atoms with E-state index < -0.39 is 0 Å². The molecule has 0 aromatic heterocycles. The fourth-order valence-electron chi connectivity index (χ4n) is 1.83. The van der Waals surface area contributed by atoms with Crippen LogP contribution in [0.15, 0.2) is 25.4 Å². The Morgan fingerprint density at radius 2 is 1.20 bits per heavy atom. The summed E-state index contributed by atoms with van der Waals surface area (Å²) in [6, 6.07) is 4.45.